The third-order valence-electron chi connectivity index (χ3n) is 3.61. The second kappa shape index (κ2) is 5.34. The largest absolute Gasteiger partial charge is 0.448 e. The van der Waals surface area contributed by atoms with E-state index in [9.17, 15) is 9.90 Å². The van der Waals surface area contributed by atoms with E-state index in [1.165, 1.54) is 0 Å². The number of Topliss-reactive ketones (excluding diaryl/α,β-unsaturated/α-hetero) is 1. The average Bonchev–Trinajstić information content (AvgIpc) is 3.27. The zero-order chi connectivity index (χ0) is 15.0. The molecule has 2 aromatic carbocycles. The Morgan fingerprint density at radius 2 is 1.81 bits per heavy atom. The van der Waals surface area contributed by atoms with Gasteiger partial charge in [0.05, 0.1) is 5.56 Å². The Hall–Kier alpha value is -2.13. The maximum Gasteiger partial charge on any atom is 0.199 e. The van der Waals surface area contributed by atoms with Crippen molar-refractivity contribution in [1.82, 2.24) is 0 Å². The lowest BCUT2D eigenvalue weighted by Gasteiger charge is -2.09. The van der Waals surface area contributed by atoms with Gasteiger partial charge in [0, 0.05) is 0 Å². The van der Waals surface area contributed by atoms with Crippen molar-refractivity contribution >= 4 is 5.78 Å². The molecule has 0 aromatic heterocycles. The molecule has 0 fully saturated rings. The zero-order valence-electron chi connectivity index (χ0n) is 12.2. The van der Waals surface area contributed by atoms with Gasteiger partial charge >= 0.3 is 0 Å². The van der Waals surface area contributed by atoms with Gasteiger partial charge in [0.1, 0.15) is 6.10 Å². The van der Waals surface area contributed by atoms with E-state index in [1.807, 2.05) is 12.1 Å². The summed E-state index contributed by atoms with van der Waals surface area (Å²) >= 11 is 0. The number of carbonyl (C=O) groups is 1. The Bertz CT molecular complexity index is 674. The van der Waals surface area contributed by atoms with Gasteiger partial charge in [-0.05, 0) is 29.5 Å². The minimum absolute atomic E-state index is 0.314. The van der Waals surface area contributed by atoms with Gasteiger partial charge in [-0.25, -0.2) is 0 Å². The molecule has 3 rings (SSSR count). The predicted octanol–water partition coefficient (Wildman–Crippen LogP) is 3.91. The summed E-state index contributed by atoms with van der Waals surface area (Å²) in [5.74, 6) is 1.67. The fourth-order valence-electron chi connectivity index (χ4n) is 2.53. The van der Waals surface area contributed by atoms with Gasteiger partial charge in [-0.15, -0.1) is 0 Å². The first-order chi connectivity index (χ1) is 10.1. The molecule has 1 heterocycles. The van der Waals surface area contributed by atoms with Gasteiger partial charge < -0.3 is 9.84 Å². The average molecular weight is 282 g/mol. The molecule has 108 valence electrons. The van der Waals surface area contributed by atoms with Crippen molar-refractivity contribution in [3.05, 3.63) is 59.2 Å². The van der Waals surface area contributed by atoms with Crippen LogP contribution in [0.1, 0.15) is 41.4 Å². The summed E-state index contributed by atoms with van der Waals surface area (Å²) in [5.41, 5.74) is 2.20. The topological polar surface area (TPSA) is 49.8 Å². The van der Waals surface area contributed by atoms with E-state index in [4.69, 9.17) is 4.74 Å². The van der Waals surface area contributed by atoms with Crippen LogP contribution in [0.2, 0.25) is 0 Å². The molecule has 1 aliphatic heterocycles. The highest BCUT2D eigenvalue weighted by atomic mass is 16.6. The van der Waals surface area contributed by atoms with Crippen molar-refractivity contribution in [2.24, 2.45) is 5.92 Å². The quantitative estimate of drug-likeness (QED) is 0.570. The number of ketones is 1. The first-order valence-corrected chi connectivity index (χ1v) is 7.19. The minimum atomic E-state index is -1.14. The van der Waals surface area contributed by atoms with E-state index in [0.717, 1.165) is 17.7 Å². The van der Waals surface area contributed by atoms with Crippen LogP contribution in [0.5, 0.6) is 11.5 Å². The third-order valence-corrected chi connectivity index (χ3v) is 3.61. The van der Waals surface area contributed by atoms with Crippen LogP contribution in [0.4, 0.5) is 0 Å². The normalized spacial score (nSPS) is 13.5. The smallest absolute Gasteiger partial charge is 0.199 e. The van der Waals surface area contributed by atoms with Crippen molar-refractivity contribution in [3.63, 3.8) is 0 Å². The number of aliphatic hydroxyl groups is 1. The van der Waals surface area contributed by atoms with Gasteiger partial charge in [-0.2, -0.15) is 0 Å². The van der Waals surface area contributed by atoms with E-state index in [-0.39, 0.29) is 5.78 Å². The van der Waals surface area contributed by atoms with Gasteiger partial charge in [0.25, 0.3) is 0 Å². The van der Waals surface area contributed by atoms with Crippen LogP contribution in [0.25, 0.3) is 0 Å². The van der Waals surface area contributed by atoms with Crippen LogP contribution >= 0.6 is 0 Å². The van der Waals surface area contributed by atoms with Crippen molar-refractivity contribution < 1.29 is 14.6 Å². The molecule has 0 saturated carbocycles. The molecule has 0 radical (unpaired) electrons. The van der Waals surface area contributed by atoms with Crippen LogP contribution in [0.3, 0.4) is 0 Å². The van der Waals surface area contributed by atoms with Crippen molar-refractivity contribution in [2.75, 3.05) is 0 Å². The fraction of sp³-hybridized carbons (Fsp3) is 0.278. The van der Waals surface area contributed by atoms with Crippen LogP contribution in [-0.4, -0.2) is 10.9 Å². The molecule has 0 saturated heterocycles. The predicted molar refractivity (Wildman–Crippen MR) is 80.8 cm³/mol. The standard InChI is InChI=1S/C18H18O3/c1-11(2)10-13-8-9-14(18-17(13)21-18)16(20)15(19)12-6-4-3-5-7-12/h3-9,11,15,19H,10H2,1-2H3. The van der Waals surface area contributed by atoms with Crippen LogP contribution < -0.4 is 4.74 Å². The molecule has 0 spiro atoms. The van der Waals surface area contributed by atoms with Crippen molar-refractivity contribution in [3.8, 4) is 11.5 Å². The Morgan fingerprint density at radius 3 is 2.48 bits per heavy atom. The molecule has 1 N–H and O–H groups in total. The number of fused-ring (bicyclic) bond motifs is 1. The van der Waals surface area contributed by atoms with E-state index in [0.29, 0.717) is 22.8 Å². The number of hydrogen-bond acceptors (Lipinski definition) is 3. The lowest BCUT2D eigenvalue weighted by atomic mass is 9.97. The van der Waals surface area contributed by atoms with E-state index in [1.54, 1.807) is 30.3 Å². The molecule has 21 heavy (non-hydrogen) atoms. The molecule has 3 heteroatoms. The highest BCUT2D eigenvalue weighted by Gasteiger charge is 2.34. The number of benzene rings is 2. The lowest BCUT2D eigenvalue weighted by Crippen LogP contribution is -2.11. The molecule has 1 aliphatic rings. The molecule has 1 atom stereocenters. The maximum atomic E-state index is 12.4. The van der Waals surface area contributed by atoms with Crippen molar-refractivity contribution in [2.45, 2.75) is 26.4 Å². The van der Waals surface area contributed by atoms with Crippen molar-refractivity contribution in [1.29, 1.82) is 0 Å². The summed E-state index contributed by atoms with van der Waals surface area (Å²) in [4.78, 5) is 12.4. The van der Waals surface area contributed by atoms with Gasteiger partial charge in [-0.1, -0.05) is 50.2 Å². The second-order valence-corrected chi connectivity index (χ2v) is 5.81. The zero-order valence-corrected chi connectivity index (χ0v) is 12.2. The Morgan fingerprint density at radius 1 is 1.10 bits per heavy atom. The third kappa shape index (κ3) is 2.69. The number of aliphatic hydroxyl groups excluding tert-OH is 1. The molecule has 0 aliphatic carbocycles. The first-order valence-electron chi connectivity index (χ1n) is 7.19. The van der Waals surface area contributed by atoms with E-state index >= 15 is 0 Å². The molecule has 2 aromatic rings. The van der Waals surface area contributed by atoms with Gasteiger partial charge in [0.15, 0.2) is 17.3 Å². The highest BCUT2D eigenvalue weighted by molar-refractivity contribution is 6.04. The SMILES string of the molecule is CC(C)Cc1ccc(C(=O)C(O)c2ccccc2)c2c1O2. The second-order valence-electron chi connectivity index (χ2n) is 5.81. The Labute approximate surface area is 124 Å². The summed E-state index contributed by atoms with van der Waals surface area (Å²) in [7, 11) is 0. The van der Waals surface area contributed by atoms with Gasteiger partial charge in [0.2, 0.25) is 0 Å². The Balaban J connectivity index is 1.84. The molecular formula is C18H18O3. The highest BCUT2D eigenvalue weighted by Crippen LogP contribution is 2.52. The molecule has 1 unspecified atom stereocenters. The number of ether oxygens (including phenoxy) is 1. The number of carbonyl (C=O) groups excluding carboxylic acids is 1. The Kier molecular flexibility index (Phi) is 3.52. The van der Waals surface area contributed by atoms with E-state index < -0.39 is 6.10 Å². The molecule has 0 bridgehead atoms. The molecule has 0 amide bonds. The summed E-state index contributed by atoms with van der Waals surface area (Å²) in [5, 5.41) is 10.2. The maximum absolute atomic E-state index is 12.4. The summed E-state index contributed by atoms with van der Waals surface area (Å²) in [6.07, 6.45) is -0.214. The van der Waals surface area contributed by atoms with Gasteiger partial charge in [-0.3, -0.25) is 4.79 Å². The molecular weight excluding hydrogens is 264 g/mol. The fourth-order valence-corrected chi connectivity index (χ4v) is 2.53. The lowest BCUT2D eigenvalue weighted by molar-refractivity contribution is 0.0747. The number of rotatable bonds is 5. The molecule has 3 nitrogen and oxygen atoms in total. The van der Waals surface area contributed by atoms with Crippen LogP contribution in [-0.2, 0) is 6.42 Å². The van der Waals surface area contributed by atoms with Crippen LogP contribution in [0, 0.1) is 5.92 Å². The monoisotopic (exact) mass is 282 g/mol. The summed E-state index contributed by atoms with van der Waals surface area (Å²) in [6.45, 7) is 4.29. The minimum Gasteiger partial charge on any atom is -0.448 e. The first kappa shape index (κ1) is 13.8. The van der Waals surface area contributed by atoms with Crippen LogP contribution in [0.15, 0.2) is 42.5 Å². The summed E-state index contributed by atoms with van der Waals surface area (Å²) < 4.78 is 5.48. The summed E-state index contributed by atoms with van der Waals surface area (Å²) in [6, 6.07) is 12.6. The number of hydrogen-bond donors (Lipinski definition) is 1. The van der Waals surface area contributed by atoms with E-state index in [2.05, 4.69) is 13.8 Å².